The molecule has 1 amide bonds. The first-order chi connectivity index (χ1) is 14.8. The average Bonchev–Trinajstić information content (AvgIpc) is 3.25. The van der Waals surface area contributed by atoms with E-state index in [0.717, 1.165) is 28.1 Å². The van der Waals surface area contributed by atoms with E-state index in [0.29, 0.717) is 29.6 Å². The summed E-state index contributed by atoms with van der Waals surface area (Å²) < 4.78 is 7.52. The van der Waals surface area contributed by atoms with Gasteiger partial charge in [0.2, 0.25) is 5.89 Å². The smallest absolute Gasteiger partial charge is 0.278 e. The number of carbonyl (C=O) groups excluding carboxylic acids is 1. The molecule has 0 unspecified atom stereocenters. The van der Waals surface area contributed by atoms with Crippen LogP contribution in [-0.4, -0.2) is 25.9 Å². The molecule has 2 aromatic heterocycles. The minimum atomic E-state index is -0.286. The summed E-state index contributed by atoms with van der Waals surface area (Å²) in [6.45, 7) is 10.1. The molecule has 0 aliphatic heterocycles. The summed E-state index contributed by atoms with van der Waals surface area (Å²) >= 11 is 0. The second-order valence-corrected chi connectivity index (χ2v) is 7.90. The number of nitrogens with zero attached hydrogens (tertiary/aromatic N) is 4. The van der Waals surface area contributed by atoms with Gasteiger partial charge in [-0.2, -0.15) is 0 Å². The Labute approximate surface area is 181 Å². The van der Waals surface area contributed by atoms with Crippen LogP contribution >= 0.6 is 0 Å². The standard InChI is InChI=1S/C24H25N5O2/c1-14-6-8-19(9-7-14)24-26-21(18(5)31-24)13-29-17(4)22(27-28-29)23(30)25-20-11-15(2)10-16(3)12-20/h6-12H,13H2,1-5H3,(H,25,30). The third-order valence-corrected chi connectivity index (χ3v) is 5.17. The van der Waals surface area contributed by atoms with Gasteiger partial charge < -0.3 is 9.73 Å². The maximum atomic E-state index is 12.7. The summed E-state index contributed by atoms with van der Waals surface area (Å²) in [6.07, 6.45) is 0. The average molecular weight is 415 g/mol. The molecule has 4 aromatic rings. The summed E-state index contributed by atoms with van der Waals surface area (Å²) in [5.74, 6) is 0.996. The van der Waals surface area contributed by atoms with Crippen molar-refractivity contribution in [3.05, 3.63) is 82.0 Å². The van der Waals surface area contributed by atoms with Gasteiger partial charge in [0.25, 0.3) is 5.91 Å². The monoisotopic (exact) mass is 415 g/mol. The van der Waals surface area contributed by atoms with Crippen LogP contribution in [0, 0.1) is 34.6 Å². The Balaban J connectivity index is 1.53. The van der Waals surface area contributed by atoms with Crippen molar-refractivity contribution in [2.75, 3.05) is 5.32 Å². The molecule has 7 nitrogen and oxygen atoms in total. The molecule has 0 aliphatic carbocycles. The highest BCUT2D eigenvalue weighted by Gasteiger charge is 2.19. The fourth-order valence-corrected chi connectivity index (χ4v) is 3.49. The molecule has 1 N–H and O–H groups in total. The van der Waals surface area contributed by atoms with Gasteiger partial charge in [-0.3, -0.25) is 4.79 Å². The first-order valence-electron chi connectivity index (χ1n) is 10.1. The zero-order valence-corrected chi connectivity index (χ0v) is 18.4. The number of aromatic nitrogens is 4. The molecule has 0 aliphatic rings. The van der Waals surface area contributed by atoms with Gasteiger partial charge in [-0.25, -0.2) is 9.67 Å². The molecule has 0 saturated carbocycles. The van der Waals surface area contributed by atoms with Crippen molar-refractivity contribution in [3.63, 3.8) is 0 Å². The molecule has 0 radical (unpaired) electrons. The normalized spacial score (nSPS) is 11.0. The molecule has 0 saturated heterocycles. The molecule has 7 heteroatoms. The first-order valence-corrected chi connectivity index (χ1v) is 10.1. The van der Waals surface area contributed by atoms with Crippen LogP contribution in [0.5, 0.6) is 0 Å². The summed E-state index contributed by atoms with van der Waals surface area (Å²) in [6, 6.07) is 13.9. The van der Waals surface area contributed by atoms with E-state index in [1.54, 1.807) is 4.68 Å². The summed E-state index contributed by atoms with van der Waals surface area (Å²) in [4.78, 5) is 17.4. The number of anilines is 1. The van der Waals surface area contributed by atoms with Crippen molar-refractivity contribution in [2.45, 2.75) is 41.2 Å². The van der Waals surface area contributed by atoms with E-state index in [4.69, 9.17) is 4.42 Å². The highest BCUT2D eigenvalue weighted by atomic mass is 16.4. The van der Waals surface area contributed by atoms with Crippen LogP contribution in [0.2, 0.25) is 0 Å². The summed E-state index contributed by atoms with van der Waals surface area (Å²) in [7, 11) is 0. The number of hydrogen-bond donors (Lipinski definition) is 1. The van der Waals surface area contributed by atoms with Crippen molar-refractivity contribution in [2.24, 2.45) is 0 Å². The van der Waals surface area contributed by atoms with Crippen molar-refractivity contribution in [1.29, 1.82) is 0 Å². The van der Waals surface area contributed by atoms with E-state index in [2.05, 4.69) is 26.7 Å². The number of nitrogens with one attached hydrogen (secondary N) is 1. The predicted molar refractivity (Wildman–Crippen MR) is 119 cm³/mol. The van der Waals surface area contributed by atoms with Crippen molar-refractivity contribution >= 4 is 11.6 Å². The van der Waals surface area contributed by atoms with E-state index in [-0.39, 0.29) is 5.91 Å². The molecule has 0 atom stereocenters. The Bertz CT molecular complexity index is 1230. The van der Waals surface area contributed by atoms with E-state index >= 15 is 0 Å². The number of rotatable bonds is 5. The number of aryl methyl sites for hydroxylation is 4. The highest BCUT2D eigenvalue weighted by Crippen LogP contribution is 2.23. The lowest BCUT2D eigenvalue weighted by atomic mass is 10.1. The SMILES string of the molecule is Cc1ccc(-c2nc(Cn3nnc(C(=O)Nc4cc(C)cc(C)c4)c3C)c(C)o2)cc1. The topological polar surface area (TPSA) is 85.8 Å². The quantitative estimate of drug-likeness (QED) is 0.507. The summed E-state index contributed by atoms with van der Waals surface area (Å²) in [5.41, 5.74) is 6.72. The van der Waals surface area contributed by atoms with Gasteiger partial charge in [-0.05, 0) is 70.0 Å². The molecule has 158 valence electrons. The third-order valence-electron chi connectivity index (χ3n) is 5.17. The molecule has 2 aromatic carbocycles. The highest BCUT2D eigenvalue weighted by molar-refractivity contribution is 6.03. The summed E-state index contributed by atoms with van der Waals surface area (Å²) in [5, 5.41) is 11.2. The Kier molecular flexibility index (Phi) is 5.42. The largest absolute Gasteiger partial charge is 0.441 e. The Morgan fingerprint density at radius 1 is 0.968 bits per heavy atom. The van der Waals surface area contributed by atoms with Crippen molar-refractivity contribution in [1.82, 2.24) is 20.0 Å². The van der Waals surface area contributed by atoms with Crippen LogP contribution in [0.3, 0.4) is 0 Å². The van der Waals surface area contributed by atoms with Gasteiger partial charge in [0.05, 0.1) is 12.2 Å². The maximum absolute atomic E-state index is 12.7. The lowest BCUT2D eigenvalue weighted by Crippen LogP contribution is -2.14. The van der Waals surface area contributed by atoms with E-state index in [1.807, 2.05) is 71.0 Å². The van der Waals surface area contributed by atoms with Crippen molar-refractivity contribution < 1.29 is 9.21 Å². The molecular weight excluding hydrogens is 390 g/mol. The molecule has 2 heterocycles. The maximum Gasteiger partial charge on any atom is 0.278 e. The van der Waals surface area contributed by atoms with Gasteiger partial charge >= 0.3 is 0 Å². The minimum absolute atomic E-state index is 0.286. The number of carbonyl (C=O) groups is 1. The number of oxazole rings is 1. The van der Waals surface area contributed by atoms with Gasteiger partial charge in [-0.15, -0.1) is 5.10 Å². The molecule has 0 fully saturated rings. The van der Waals surface area contributed by atoms with Crippen LogP contribution in [0.4, 0.5) is 5.69 Å². The van der Waals surface area contributed by atoms with E-state index < -0.39 is 0 Å². The second kappa shape index (κ2) is 8.18. The molecule has 31 heavy (non-hydrogen) atoms. The van der Waals surface area contributed by atoms with Crippen LogP contribution in [0.25, 0.3) is 11.5 Å². The number of amides is 1. The lowest BCUT2D eigenvalue weighted by Gasteiger charge is -2.07. The molecular formula is C24H25N5O2. The van der Waals surface area contributed by atoms with Crippen LogP contribution in [-0.2, 0) is 6.54 Å². The van der Waals surface area contributed by atoms with Gasteiger partial charge in [0, 0.05) is 11.3 Å². The Hall–Kier alpha value is -3.74. The van der Waals surface area contributed by atoms with Gasteiger partial charge in [0.15, 0.2) is 5.69 Å². The first kappa shape index (κ1) is 20.5. The van der Waals surface area contributed by atoms with Crippen LogP contribution < -0.4 is 5.32 Å². The van der Waals surface area contributed by atoms with E-state index in [1.165, 1.54) is 5.56 Å². The Morgan fingerprint density at radius 2 is 1.65 bits per heavy atom. The fraction of sp³-hybridized carbons (Fsp3) is 0.250. The Morgan fingerprint density at radius 3 is 2.32 bits per heavy atom. The molecule has 0 bridgehead atoms. The molecule has 0 spiro atoms. The van der Waals surface area contributed by atoms with Gasteiger partial charge in [0.1, 0.15) is 11.5 Å². The molecule has 4 rings (SSSR count). The third kappa shape index (κ3) is 4.40. The van der Waals surface area contributed by atoms with Gasteiger partial charge in [-0.1, -0.05) is 29.0 Å². The van der Waals surface area contributed by atoms with Crippen LogP contribution in [0.1, 0.15) is 44.3 Å². The number of hydrogen-bond acceptors (Lipinski definition) is 5. The van der Waals surface area contributed by atoms with E-state index in [9.17, 15) is 4.79 Å². The number of benzene rings is 2. The zero-order valence-electron chi connectivity index (χ0n) is 18.4. The minimum Gasteiger partial charge on any atom is -0.441 e. The van der Waals surface area contributed by atoms with Crippen LogP contribution in [0.15, 0.2) is 46.9 Å². The lowest BCUT2D eigenvalue weighted by molar-refractivity contribution is 0.102. The fourth-order valence-electron chi connectivity index (χ4n) is 3.49. The second-order valence-electron chi connectivity index (χ2n) is 7.90. The predicted octanol–water partition coefficient (Wildman–Crippen LogP) is 4.78. The van der Waals surface area contributed by atoms with Crippen molar-refractivity contribution in [3.8, 4) is 11.5 Å². The zero-order chi connectivity index (χ0) is 22.1.